The Hall–Kier alpha value is -1.14. The molecule has 1 rings (SSSR count). The zero-order chi connectivity index (χ0) is 15.3. The number of nitrogens with one attached hydrogen (secondary N) is 1. The van der Waals surface area contributed by atoms with Gasteiger partial charge in [-0.25, -0.2) is 0 Å². The van der Waals surface area contributed by atoms with Crippen molar-refractivity contribution in [1.29, 1.82) is 0 Å². The molecule has 0 aromatic carbocycles. The topological polar surface area (TPSA) is 78.9 Å². The van der Waals surface area contributed by atoms with Crippen LogP contribution in [0.4, 0.5) is 0 Å². The van der Waals surface area contributed by atoms with E-state index in [4.69, 9.17) is 4.74 Å². The number of ether oxygens (including phenoxy) is 1. The summed E-state index contributed by atoms with van der Waals surface area (Å²) in [6.07, 6.45) is 1.47. The highest BCUT2D eigenvalue weighted by atomic mass is 16.5. The summed E-state index contributed by atoms with van der Waals surface area (Å²) in [6.45, 7) is 6.12. The molecule has 6 nitrogen and oxygen atoms in total. The molecule has 0 saturated carbocycles. The van der Waals surface area contributed by atoms with E-state index >= 15 is 0 Å². The SMILES string of the molecule is CCC(CC)NC(=O)C(C)N1CC(O)CC1C(=O)OC. The van der Waals surface area contributed by atoms with Crippen molar-refractivity contribution in [3.63, 3.8) is 0 Å². The largest absolute Gasteiger partial charge is 0.468 e. The molecule has 1 aliphatic rings. The van der Waals surface area contributed by atoms with Crippen LogP contribution in [0.1, 0.15) is 40.0 Å². The first kappa shape index (κ1) is 16.9. The average Bonchev–Trinajstić information content (AvgIpc) is 2.84. The number of methoxy groups -OCH3 is 1. The van der Waals surface area contributed by atoms with E-state index in [2.05, 4.69) is 5.32 Å². The smallest absolute Gasteiger partial charge is 0.323 e. The second-order valence-electron chi connectivity index (χ2n) is 5.32. The maximum atomic E-state index is 12.2. The van der Waals surface area contributed by atoms with E-state index in [0.29, 0.717) is 13.0 Å². The maximum Gasteiger partial charge on any atom is 0.323 e. The first-order chi connectivity index (χ1) is 9.44. The average molecular weight is 286 g/mol. The van der Waals surface area contributed by atoms with E-state index in [1.54, 1.807) is 11.8 Å². The first-order valence-electron chi connectivity index (χ1n) is 7.26. The molecule has 3 atom stereocenters. The molecule has 20 heavy (non-hydrogen) atoms. The standard InChI is InChI=1S/C14H26N2O4/c1-5-10(6-2)15-13(18)9(3)16-8-11(17)7-12(16)14(19)20-4/h9-12,17H,5-8H2,1-4H3,(H,15,18). The Morgan fingerprint density at radius 1 is 1.40 bits per heavy atom. The van der Waals surface area contributed by atoms with Crippen molar-refractivity contribution in [1.82, 2.24) is 10.2 Å². The highest BCUT2D eigenvalue weighted by molar-refractivity contribution is 5.83. The number of hydrogen-bond donors (Lipinski definition) is 2. The molecule has 1 aliphatic heterocycles. The van der Waals surface area contributed by atoms with Crippen molar-refractivity contribution in [3.05, 3.63) is 0 Å². The van der Waals surface area contributed by atoms with Crippen molar-refractivity contribution in [3.8, 4) is 0 Å². The van der Waals surface area contributed by atoms with E-state index in [0.717, 1.165) is 12.8 Å². The molecule has 0 aromatic heterocycles. The van der Waals surface area contributed by atoms with Crippen LogP contribution >= 0.6 is 0 Å². The Balaban J connectivity index is 2.70. The predicted molar refractivity (Wildman–Crippen MR) is 75.1 cm³/mol. The van der Waals surface area contributed by atoms with Crippen molar-refractivity contribution < 1.29 is 19.4 Å². The summed E-state index contributed by atoms with van der Waals surface area (Å²) in [5, 5.41) is 12.7. The van der Waals surface area contributed by atoms with Crippen molar-refractivity contribution in [2.45, 2.75) is 64.3 Å². The third-order valence-electron chi connectivity index (χ3n) is 4.00. The van der Waals surface area contributed by atoms with Crippen molar-refractivity contribution in [2.75, 3.05) is 13.7 Å². The zero-order valence-electron chi connectivity index (χ0n) is 12.8. The number of rotatable bonds is 6. The number of amides is 1. The minimum absolute atomic E-state index is 0.110. The molecular weight excluding hydrogens is 260 g/mol. The Labute approximate surface area is 120 Å². The molecule has 0 bridgehead atoms. The normalized spacial score (nSPS) is 24.7. The fourth-order valence-electron chi connectivity index (χ4n) is 2.60. The van der Waals surface area contributed by atoms with Gasteiger partial charge in [-0.2, -0.15) is 0 Å². The maximum absolute atomic E-state index is 12.2. The van der Waals surface area contributed by atoms with Gasteiger partial charge in [-0.1, -0.05) is 13.8 Å². The summed E-state index contributed by atoms with van der Waals surface area (Å²) in [7, 11) is 1.32. The third kappa shape index (κ3) is 3.93. The van der Waals surface area contributed by atoms with Gasteiger partial charge in [0.2, 0.25) is 5.91 Å². The fourth-order valence-corrected chi connectivity index (χ4v) is 2.60. The number of carbonyl (C=O) groups is 2. The lowest BCUT2D eigenvalue weighted by Crippen LogP contribution is -2.51. The molecule has 0 aliphatic carbocycles. The molecule has 1 saturated heterocycles. The van der Waals surface area contributed by atoms with E-state index in [1.165, 1.54) is 7.11 Å². The van der Waals surface area contributed by atoms with Gasteiger partial charge in [0, 0.05) is 19.0 Å². The van der Waals surface area contributed by atoms with Gasteiger partial charge in [0.1, 0.15) is 6.04 Å². The quantitative estimate of drug-likeness (QED) is 0.686. The van der Waals surface area contributed by atoms with Crippen molar-refractivity contribution >= 4 is 11.9 Å². The predicted octanol–water partition coefficient (Wildman–Crippen LogP) is 0.288. The highest BCUT2D eigenvalue weighted by Crippen LogP contribution is 2.22. The molecule has 1 fully saturated rings. The summed E-state index contributed by atoms with van der Waals surface area (Å²) in [5.74, 6) is -0.509. The minimum Gasteiger partial charge on any atom is -0.468 e. The van der Waals surface area contributed by atoms with Crippen LogP contribution < -0.4 is 5.32 Å². The van der Waals surface area contributed by atoms with Crippen LogP contribution in [0, 0.1) is 0 Å². The Morgan fingerprint density at radius 2 is 2.00 bits per heavy atom. The number of hydrogen-bond acceptors (Lipinski definition) is 5. The van der Waals surface area contributed by atoms with Gasteiger partial charge in [-0.05, 0) is 19.8 Å². The number of carbonyl (C=O) groups excluding carboxylic acids is 2. The van der Waals surface area contributed by atoms with Gasteiger partial charge >= 0.3 is 5.97 Å². The fraction of sp³-hybridized carbons (Fsp3) is 0.857. The third-order valence-corrected chi connectivity index (χ3v) is 4.00. The minimum atomic E-state index is -0.595. The Kier molecular flexibility index (Phi) is 6.42. The second-order valence-corrected chi connectivity index (χ2v) is 5.32. The van der Waals surface area contributed by atoms with Crippen LogP contribution in [0.15, 0.2) is 0 Å². The van der Waals surface area contributed by atoms with E-state index in [9.17, 15) is 14.7 Å². The van der Waals surface area contributed by atoms with Crippen LogP contribution in [0.25, 0.3) is 0 Å². The zero-order valence-corrected chi connectivity index (χ0v) is 12.8. The lowest BCUT2D eigenvalue weighted by atomic mass is 10.1. The van der Waals surface area contributed by atoms with E-state index in [-0.39, 0.29) is 11.9 Å². The van der Waals surface area contributed by atoms with Crippen LogP contribution in [-0.2, 0) is 14.3 Å². The number of β-amino-alcohol motifs (C(OH)–C–C–N with tert-alkyl or cyclic N) is 1. The summed E-state index contributed by atoms with van der Waals surface area (Å²) in [4.78, 5) is 25.7. The molecular formula is C14H26N2O4. The van der Waals surface area contributed by atoms with E-state index in [1.807, 2.05) is 13.8 Å². The van der Waals surface area contributed by atoms with Gasteiger partial charge in [0.25, 0.3) is 0 Å². The molecule has 1 amide bonds. The lowest BCUT2D eigenvalue weighted by Gasteiger charge is -2.29. The van der Waals surface area contributed by atoms with Crippen molar-refractivity contribution in [2.24, 2.45) is 0 Å². The number of aliphatic hydroxyl groups excluding tert-OH is 1. The lowest BCUT2D eigenvalue weighted by molar-refractivity contribution is -0.147. The van der Waals surface area contributed by atoms with E-state index < -0.39 is 24.2 Å². The molecule has 0 aromatic rings. The first-order valence-corrected chi connectivity index (χ1v) is 7.26. The second kappa shape index (κ2) is 7.59. The van der Waals surface area contributed by atoms with Gasteiger partial charge in [0.05, 0.1) is 19.3 Å². The van der Waals surface area contributed by atoms with Crippen LogP contribution in [-0.4, -0.2) is 59.8 Å². The Morgan fingerprint density at radius 3 is 2.50 bits per heavy atom. The summed E-state index contributed by atoms with van der Waals surface area (Å²) in [5.41, 5.74) is 0. The molecule has 2 N–H and O–H groups in total. The molecule has 6 heteroatoms. The molecule has 3 unspecified atom stereocenters. The van der Waals surface area contributed by atoms with Gasteiger partial charge in [-0.3, -0.25) is 14.5 Å². The molecule has 1 heterocycles. The number of nitrogens with zero attached hydrogens (tertiary/aromatic N) is 1. The number of aliphatic hydroxyl groups is 1. The van der Waals surface area contributed by atoms with Gasteiger partial charge < -0.3 is 15.2 Å². The number of esters is 1. The Bertz CT molecular complexity index is 344. The van der Waals surface area contributed by atoms with Crippen LogP contribution in [0.2, 0.25) is 0 Å². The molecule has 116 valence electrons. The van der Waals surface area contributed by atoms with Crippen LogP contribution in [0.5, 0.6) is 0 Å². The monoisotopic (exact) mass is 286 g/mol. The summed E-state index contributed by atoms with van der Waals surface area (Å²) < 4.78 is 4.74. The number of likely N-dealkylation sites (tertiary alicyclic amines) is 1. The summed E-state index contributed by atoms with van der Waals surface area (Å²) >= 11 is 0. The molecule has 0 radical (unpaired) electrons. The van der Waals surface area contributed by atoms with Crippen LogP contribution in [0.3, 0.4) is 0 Å². The van der Waals surface area contributed by atoms with Gasteiger partial charge in [0.15, 0.2) is 0 Å². The van der Waals surface area contributed by atoms with Gasteiger partial charge in [-0.15, -0.1) is 0 Å². The molecule has 0 spiro atoms. The summed E-state index contributed by atoms with van der Waals surface area (Å²) in [6, 6.07) is -0.858. The highest BCUT2D eigenvalue weighted by Gasteiger charge is 2.41.